The van der Waals surface area contributed by atoms with E-state index < -0.39 is 5.60 Å². The fourth-order valence-corrected chi connectivity index (χ4v) is 5.72. The first kappa shape index (κ1) is 15.4. The Balaban J connectivity index is 1.40. The molecule has 1 amide bonds. The van der Waals surface area contributed by atoms with Crippen LogP contribution in [0.15, 0.2) is 24.3 Å². The molecule has 1 saturated heterocycles. The summed E-state index contributed by atoms with van der Waals surface area (Å²) < 4.78 is 6.41. The smallest absolute Gasteiger partial charge is 0.226 e. The van der Waals surface area contributed by atoms with E-state index >= 15 is 0 Å². The van der Waals surface area contributed by atoms with E-state index in [0.717, 1.165) is 32.2 Å². The van der Waals surface area contributed by atoms with Gasteiger partial charge in [-0.05, 0) is 57.1 Å². The molecule has 2 aliphatic heterocycles. The third-order valence-corrected chi connectivity index (χ3v) is 7.01. The Morgan fingerprint density at radius 2 is 2.08 bits per heavy atom. The lowest BCUT2D eigenvalue weighted by molar-refractivity contribution is -0.137. The molecular formula is C21H25NO3. The summed E-state index contributed by atoms with van der Waals surface area (Å²) in [5.74, 6) is 1.92. The van der Waals surface area contributed by atoms with E-state index in [2.05, 4.69) is 11.8 Å². The summed E-state index contributed by atoms with van der Waals surface area (Å²) in [5.41, 5.74) is 0.264. The molecule has 4 aliphatic rings. The lowest BCUT2D eigenvalue weighted by Crippen LogP contribution is -2.47. The maximum absolute atomic E-state index is 13.1. The largest absolute Gasteiger partial charge is 0.486 e. The number of nitrogens with zero attached hydrogens (tertiary/aromatic N) is 1. The SMILES string of the molecule is C[C@@H]1CCCCN1C(=O)[C@@H]1[C@@H]2CC[C@]3(CC(=O)c4ccccc4O3)[C@@H]21. The van der Waals surface area contributed by atoms with Gasteiger partial charge in [0.15, 0.2) is 5.78 Å². The Morgan fingerprint density at radius 1 is 1.24 bits per heavy atom. The van der Waals surface area contributed by atoms with Gasteiger partial charge in [-0.1, -0.05) is 12.1 Å². The van der Waals surface area contributed by atoms with Gasteiger partial charge in [0.1, 0.15) is 11.4 Å². The highest BCUT2D eigenvalue weighted by molar-refractivity contribution is 6.00. The van der Waals surface area contributed by atoms with E-state index in [-0.39, 0.29) is 17.6 Å². The number of rotatable bonds is 1. The maximum atomic E-state index is 13.1. The standard InChI is InChI=1S/C21H25NO3/c1-13-6-4-5-11-22(13)20(24)18-15-9-10-21(19(15)18)12-16(23)14-7-2-3-8-17(14)25-21/h2-3,7-8,13,15,18-19H,4-6,9-12H2,1H3/t13-,15+,18-,19+,21+/m1/s1. The zero-order chi connectivity index (χ0) is 17.2. The third kappa shape index (κ3) is 2.19. The second kappa shape index (κ2) is 5.33. The first-order chi connectivity index (χ1) is 12.1. The molecule has 0 radical (unpaired) electrons. The van der Waals surface area contributed by atoms with Crippen molar-refractivity contribution in [1.29, 1.82) is 0 Å². The van der Waals surface area contributed by atoms with E-state index in [1.807, 2.05) is 24.3 Å². The first-order valence-electron chi connectivity index (χ1n) is 9.72. The minimum Gasteiger partial charge on any atom is -0.486 e. The molecular weight excluding hydrogens is 314 g/mol. The van der Waals surface area contributed by atoms with Crippen molar-refractivity contribution in [3.8, 4) is 5.75 Å². The molecule has 2 aliphatic carbocycles. The number of benzene rings is 1. The van der Waals surface area contributed by atoms with Crippen LogP contribution in [0.2, 0.25) is 0 Å². The van der Waals surface area contributed by atoms with Crippen LogP contribution in [0.1, 0.15) is 55.8 Å². The van der Waals surface area contributed by atoms with Crippen molar-refractivity contribution >= 4 is 11.7 Å². The Bertz CT molecular complexity index is 744. The fourth-order valence-electron chi connectivity index (χ4n) is 5.72. The maximum Gasteiger partial charge on any atom is 0.226 e. The number of amides is 1. The highest BCUT2D eigenvalue weighted by Gasteiger charge is 2.71. The Morgan fingerprint density at radius 3 is 2.92 bits per heavy atom. The second-order valence-electron chi connectivity index (χ2n) is 8.39. The zero-order valence-electron chi connectivity index (χ0n) is 14.7. The molecule has 1 spiro atoms. The number of ether oxygens (including phenoxy) is 1. The van der Waals surface area contributed by atoms with Gasteiger partial charge in [0.2, 0.25) is 5.91 Å². The lowest BCUT2D eigenvalue weighted by Gasteiger charge is -2.38. The average Bonchev–Trinajstić information content (AvgIpc) is 3.26. The minimum atomic E-state index is -0.435. The van der Waals surface area contributed by atoms with Crippen molar-refractivity contribution < 1.29 is 14.3 Å². The number of likely N-dealkylation sites (tertiary alicyclic amines) is 1. The summed E-state index contributed by atoms with van der Waals surface area (Å²) in [6, 6.07) is 7.90. The normalized spacial score (nSPS) is 38.9. The Labute approximate surface area is 148 Å². The quantitative estimate of drug-likeness (QED) is 0.787. The molecule has 0 bridgehead atoms. The molecule has 5 atom stereocenters. The highest BCUT2D eigenvalue weighted by atomic mass is 16.5. The van der Waals surface area contributed by atoms with Crippen molar-refractivity contribution in [3.05, 3.63) is 29.8 Å². The van der Waals surface area contributed by atoms with Crippen LogP contribution in [0.5, 0.6) is 5.75 Å². The molecule has 1 aromatic carbocycles. The number of carbonyl (C=O) groups excluding carboxylic acids is 2. The molecule has 0 aromatic heterocycles. The van der Waals surface area contributed by atoms with E-state index in [4.69, 9.17) is 4.74 Å². The van der Waals surface area contributed by atoms with E-state index in [9.17, 15) is 9.59 Å². The molecule has 5 rings (SSSR count). The van der Waals surface area contributed by atoms with Crippen molar-refractivity contribution in [3.63, 3.8) is 0 Å². The third-order valence-electron chi connectivity index (χ3n) is 7.01. The van der Waals surface area contributed by atoms with Gasteiger partial charge in [-0.15, -0.1) is 0 Å². The van der Waals surface area contributed by atoms with E-state index in [0.29, 0.717) is 35.6 Å². The number of Topliss-reactive ketones (excluding diaryl/α,β-unsaturated/α-hetero) is 1. The van der Waals surface area contributed by atoms with Crippen molar-refractivity contribution in [2.75, 3.05) is 6.54 Å². The molecule has 132 valence electrons. The summed E-state index contributed by atoms with van der Waals surface area (Å²) in [6.07, 6.45) is 5.80. The van der Waals surface area contributed by atoms with Gasteiger partial charge in [-0.25, -0.2) is 0 Å². The van der Waals surface area contributed by atoms with Crippen LogP contribution in [0, 0.1) is 17.8 Å². The van der Waals surface area contributed by atoms with Crippen LogP contribution < -0.4 is 4.74 Å². The topological polar surface area (TPSA) is 46.6 Å². The summed E-state index contributed by atoms with van der Waals surface area (Å²) >= 11 is 0. The van der Waals surface area contributed by atoms with Crippen LogP contribution in [0.25, 0.3) is 0 Å². The van der Waals surface area contributed by atoms with Gasteiger partial charge in [-0.2, -0.15) is 0 Å². The summed E-state index contributed by atoms with van der Waals surface area (Å²) in [4.78, 5) is 27.9. The predicted molar refractivity (Wildman–Crippen MR) is 93.5 cm³/mol. The highest BCUT2D eigenvalue weighted by Crippen LogP contribution is 2.66. The number of para-hydroxylation sites is 1. The van der Waals surface area contributed by atoms with Crippen LogP contribution >= 0.6 is 0 Å². The van der Waals surface area contributed by atoms with Gasteiger partial charge in [0, 0.05) is 24.4 Å². The Kier molecular flexibility index (Phi) is 3.28. The number of ketones is 1. The molecule has 0 N–H and O–H groups in total. The molecule has 0 unspecified atom stereocenters. The van der Waals surface area contributed by atoms with Crippen molar-refractivity contribution in [2.24, 2.45) is 17.8 Å². The molecule has 4 nitrogen and oxygen atoms in total. The van der Waals surface area contributed by atoms with Gasteiger partial charge in [-0.3, -0.25) is 9.59 Å². The second-order valence-corrected chi connectivity index (χ2v) is 8.39. The van der Waals surface area contributed by atoms with Crippen LogP contribution in [0.4, 0.5) is 0 Å². The molecule has 25 heavy (non-hydrogen) atoms. The van der Waals surface area contributed by atoms with Gasteiger partial charge < -0.3 is 9.64 Å². The molecule has 4 heteroatoms. The van der Waals surface area contributed by atoms with Gasteiger partial charge in [0.05, 0.1) is 12.0 Å². The summed E-state index contributed by atoms with van der Waals surface area (Å²) in [7, 11) is 0. The number of hydrogen-bond donors (Lipinski definition) is 0. The van der Waals surface area contributed by atoms with Crippen LogP contribution in [-0.4, -0.2) is 34.8 Å². The Hall–Kier alpha value is -1.84. The number of carbonyl (C=O) groups is 2. The average molecular weight is 339 g/mol. The van der Waals surface area contributed by atoms with Crippen molar-refractivity contribution in [1.82, 2.24) is 4.90 Å². The number of fused-ring (bicyclic) bond motifs is 3. The minimum absolute atomic E-state index is 0.0763. The monoisotopic (exact) mass is 339 g/mol. The number of piperidine rings is 1. The zero-order valence-corrected chi connectivity index (χ0v) is 14.7. The van der Waals surface area contributed by atoms with Crippen LogP contribution in [0.3, 0.4) is 0 Å². The number of hydrogen-bond acceptors (Lipinski definition) is 3. The van der Waals surface area contributed by atoms with Gasteiger partial charge >= 0.3 is 0 Å². The summed E-state index contributed by atoms with van der Waals surface area (Å²) in [6.45, 7) is 3.06. The van der Waals surface area contributed by atoms with Crippen molar-refractivity contribution in [2.45, 2.75) is 57.1 Å². The van der Waals surface area contributed by atoms with E-state index in [1.165, 1.54) is 6.42 Å². The fraction of sp³-hybridized carbons (Fsp3) is 0.619. The summed E-state index contributed by atoms with van der Waals surface area (Å²) in [5, 5.41) is 0. The molecule has 3 fully saturated rings. The molecule has 2 heterocycles. The lowest BCUT2D eigenvalue weighted by atomic mass is 9.84. The first-order valence-corrected chi connectivity index (χ1v) is 9.72. The van der Waals surface area contributed by atoms with E-state index in [1.54, 1.807) is 0 Å². The predicted octanol–water partition coefficient (Wildman–Crippen LogP) is 3.45. The molecule has 1 aromatic rings. The molecule has 2 saturated carbocycles. The van der Waals surface area contributed by atoms with Gasteiger partial charge in [0.25, 0.3) is 0 Å². The van der Waals surface area contributed by atoms with Crippen LogP contribution in [-0.2, 0) is 4.79 Å².